The summed E-state index contributed by atoms with van der Waals surface area (Å²) in [5.74, 6) is -1.68. The average molecular weight is 817 g/mol. The number of aromatic nitrogens is 2. The molecule has 0 radical (unpaired) electrons. The molecule has 0 saturated heterocycles. The minimum absolute atomic E-state index is 0.00781. The van der Waals surface area contributed by atoms with Gasteiger partial charge < -0.3 is 19.5 Å². The number of hydrogen-bond donors (Lipinski definition) is 1. The first-order valence-corrected chi connectivity index (χ1v) is 19.9. The van der Waals surface area contributed by atoms with Crippen LogP contribution < -0.4 is 5.73 Å². The Labute approximate surface area is 346 Å². The summed E-state index contributed by atoms with van der Waals surface area (Å²) in [5.41, 5.74) is 8.72. The largest absolute Gasteiger partial charge is 0.436 e. The molecule has 6 rings (SSSR count). The van der Waals surface area contributed by atoms with Crippen molar-refractivity contribution in [3.8, 4) is 22.5 Å². The number of rotatable bonds is 7. The Morgan fingerprint density at radius 1 is 0.655 bits per heavy atom. The van der Waals surface area contributed by atoms with Crippen LogP contribution in [0.15, 0.2) is 45.2 Å². The maximum Gasteiger partial charge on any atom is 0.271 e. The van der Waals surface area contributed by atoms with Gasteiger partial charge in [-0.2, -0.15) is 0 Å². The van der Waals surface area contributed by atoms with Gasteiger partial charge in [0.2, 0.25) is 40.1 Å². The van der Waals surface area contributed by atoms with E-state index in [0.717, 1.165) is 5.56 Å². The van der Waals surface area contributed by atoms with Crippen LogP contribution in [0.2, 0.25) is 0 Å². The van der Waals surface area contributed by atoms with E-state index in [4.69, 9.17) is 26.2 Å². The van der Waals surface area contributed by atoms with Crippen molar-refractivity contribution in [3.63, 3.8) is 0 Å². The molecular formula is C45H57ClN4O8. The van der Waals surface area contributed by atoms with Gasteiger partial charge in [0.05, 0.1) is 0 Å². The zero-order chi connectivity index (χ0) is 44.0. The van der Waals surface area contributed by atoms with Crippen LogP contribution in [0.1, 0.15) is 149 Å². The Balaban J connectivity index is 0.000000242. The van der Waals surface area contributed by atoms with E-state index in [1.165, 1.54) is 25.7 Å². The molecule has 4 aromatic rings. The number of nitrogens with zero attached hydrogens (tertiary/aromatic N) is 3. The second-order valence-corrected chi connectivity index (χ2v) is 17.1. The highest BCUT2D eigenvalue weighted by Gasteiger charge is 2.39. The summed E-state index contributed by atoms with van der Waals surface area (Å²) in [5, 5.41) is -0.269. The van der Waals surface area contributed by atoms with Gasteiger partial charge in [0.15, 0.2) is 0 Å². The summed E-state index contributed by atoms with van der Waals surface area (Å²) in [4.78, 5) is 82.2. The number of nitrogens with two attached hydrogens (primary N) is 1. The van der Waals surface area contributed by atoms with Crippen molar-refractivity contribution >= 4 is 51.4 Å². The monoisotopic (exact) mass is 816 g/mol. The number of fused-ring (bicyclic) bond motifs is 6. The molecule has 2 aromatic heterocycles. The number of hydrogen-bond acceptors (Lipinski definition) is 12. The van der Waals surface area contributed by atoms with E-state index < -0.39 is 23.1 Å². The van der Waals surface area contributed by atoms with Crippen molar-refractivity contribution in [2.75, 3.05) is 25.4 Å². The number of oxazole rings is 2. The minimum Gasteiger partial charge on any atom is -0.436 e. The maximum absolute atomic E-state index is 12.5. The van der Waals surface area contributed by atoms with Crippen LogP contribution in [0.5, 0.6) is 0 Å². The van der Waals surface area contributed by atoms with Crippen LogP contribution in [0.4, 0.5) is 5.69 Å². The van der Waals surface area contributed by atoms with Crippen molar-refractivity contribution in [3.05, 3.63) is 76.4 Å². The Hall–Kier alpha value is -5.07. The molecule has 2 heterocycles. The fraction of sp³-hybridized carbons (Fsp3) is 0.467. The third-order valence-corrected chi connectivity index (χ3v) is 9.74. The van der Waals surface area contributed by atoms with E-state index in [9.17, 15) is 28.8 Å². The maximum atomic E-state index is 12.5. The van der Waals surface area contributed by atoms with Crippen LogP contribution in [0, 0.1) is 11.8 Å². The molecule has 312 valence electrons. The summed E-state index contributed by atoms with van der Waals surface area (Å²) in [7, 11) is 0. The molecule has 0 fully saturated rings. The summed E-state index contributed by atoms with van der Waals surface area (Å²) in [6.07, 6.45) is 0.241. The molecule has 0 spiro atoms. The molecule has 12 nitrogen and oxygen atoms in total. The predicted molar refractivity (Wildman–Crippen MR) is 226 cm³/mol. The fourth-order valence-corrected chi connectivity index (χ4v) is 5.53. The molecule has 2 aliphatic carbocycles. The number of Topliss-reactive ketones (excluding diaryl/α,β-unsaturated/α-hetero) is 5. The van der Waals surface area contributed by atoms with Gasteiger partial charge in [0.25, 0.3) is 11.6 Å². The Morgan fingerprint density at radius 2 is 1.05 bits per heavy atom. The Kier molecular flexibility index (Phi) is 15.6. The first kappa shape index (κ1) is 47.3. The van der Waals surface area contributed by atoms with E-state index in [1.807, 2.05) is 55.4 Å². The molecule has 2 aromatic carbocycles. The highest BCUT2D eigenvalue weighted by molar-refractivity contribution is 6.63. The van der Waals surface area contributed by atoms with Gasteiger partial charge in [-0.1, -0.05) is 102 Å². The number of ketones is 5. The van der Waals surface area contributed by atoms with Crippen molar-refractivity contribution < 1.29 is 37.6 Å². The fourth-order valence-electron chi connectivity index (χ4n) is 5.53. The van der Waals surface area contributed by atoms with Gasteiger partial charge in [-0.15, -0.1) is 0 Å². The van der Waals surface area contributed by atoms with E-state index in [-0.39, 0.29) is 57.2 Å². The average Bonchev–Trinajstić information content (AvgIpc) is 3.82. The van der Waals surface area contributed by atoms with Gasteiger partial charge >= 0.3 is 0 Å². The lowest BCUT2D eigenvalue weighted by atomic mass is 9.88. The van der Waals surface area contributed by atoms with Crippen LogP contribution in [0.25, 0.3) is 22.5 Å². The molecule has 13 heteroatoms. The van der Waals surface area contributed by atoms with E-state index in [2.05, 4.69) is 35.6 Å². The number of carbonyl (C=O) groups excluding carboxylic acids is 6. The third kappa shape index (κ3) is 11.1. The van der Waals surface area contributed by atoms with Crippen LogP contribution >= 0.6 is 11.6 Å². The molecule has 0 bridgehead atoms. The van der Waals surface area contributed by atoms with Gasteiger partial charge in [-0.3, -0.25) is 28.8 Å². The molecule has 2 aliphatic rings. The molecule has 0 saturated carbocycles. The van der Waals surface area contributed by atoms with Crippen molar-refractivity contribution in [2.24, 2.45) is 11.8 Å². The third-order valence-electron chi connectivity index (χ3n) is 9.31. The first-order valence-electron chi connectivity index (χ1n) is 19.6. The molecular weight excluding hydrogens is 760 g/mol. The number of anilines is 1. The number of halogens is 1. The Morgan fingerprint density at radius 3 is 1.40 bits per heavy atom. The van der Waals surface area contributed by atoms with Gasteiger partial charge in [-0.25, -0.2) is 9.97 Å². The van der Waals surface area contributed by atoms with Gasteiger partial charge in [0, 0.05) is 57.0 Å². The van der Waals surface area contributed by atoms with Gasteiger partial charge in [-0.05, 0) is 61.1 Å². The molecule has 0 unspecified atom stereocenters. The Bertz CT molecular complexity index is 2190. The zero-order valence-electron chi connectivity index (χ0n) is 36.0. The normalized spacial score (nSPS) is 13.1. The highest BCUT2D eigenvalue weighted by Crippen LogP contribution is 2.38. The molecule has 0 amide bonds. The number of nitrogen functional groups attached to an aromatic ring is 1. The predicted octanol–water partition coefficient (Wildman–Crippen LogP) is 9.14. The lowest BCUT2D eigenvalue weighted by Crippen LogP contribution is -2.21. The number of benzene rings is 2. The molecule has 58 heavy (non-hydrogen) atoms. The second-order valence-electron chi connectivity index (χ2n) is 16.8. The van der Waals surface area contributed by atoms with E-state index in [0.29, 0.717) is 45.5 Å². The lowest BCUT2D eigenvalue weighted by Gasteiger charge is -2.13. The quantitative estimate of drug-likeness (QED) is 0.106. The van der Waals surface area contributed by atoms with Crippen LogP contribution in [-0.2, 0) is 26.8 Å². The molecule has 0 aliphatic heterocycles. The lowest BCUT2D eigenvalue weighted by molar-refractivity contribution is -0.121. The zero-order valence-corrected chi connectivity index (χ0v) is 36.8. The van der Waals surface area contributed by atoms with Gasteiger partial charge in [0.1, 0.15) is 17.2 Å². The topological polar surface area (TPSA) is 184 Å². The van der Waals surface area contributed by atoms with Crippen molar-refractivity contribution in [2.45, 2.75) is 107 Å². The number of carbonyl (C=O) groups is 6. The minimum atomic E-state index is -0.683. The standard InChI is InChI=1S/C20H21NO4.C15H14N2O3.C6H15N.C4H7ClO/c1-10(2)14(22)9-11-6-7-12-13(8-11)16(23)17(24)18-15(12)21-19(25-18)20(3,4)5;1-15(2,3)14-17-10-8-5-4-7(16)6-9(8)11(18)12(19)13(10)20-14;1-4-7(5-2)6-3;1-3(2)4(5)6/h6-8,10H,9H2,1-5H3;4-6H,16H2,1-3H3;4-6H2,1-3H3;3H,1-2H3. The molecule has 0 atom stereocenters. The van der Waals surface area contributed by atoms with E-state index >= 15 is 0 Å². The highest BCUT2D eigenvalue weighted by atomic mass is 35.5. The van der Waals surface area contributed by atoms with Crippen LogP contribution in [0.3, 0.4) is 0 Å². The van der Waals surface area contributed by atoms with Crippen molar-refractivity contribution in [1.82, 2.24) is 14.9 Å². The summed E-state index contributed by atoms with van der Waals surface area (Å²) in [6.45, 7) is 28.9. The molecule has 2 N–H and O–H groups in total. The SMILES string of the molecule is CC(C)(C)c1nc2c(o1)C(=O)C(=O)c1cc(N)ccc1-2.CC(C)C(=O)Cc1ccc2c(c1)C(=O)C(=O)c1oc(C(C)(C)C)nc1-2.CC(C)C(=O)Cl.CCN(CC)CC. The van der Waals surface area contributed by atoms with Crippen LogP contribution in [-0.4, -0.2) is 68.7 Å². The van der Waals surface area contributed by atoms with Crippen molar-refractivity contribution in [1.29, 1.82) is 0 Å². The summed E-state index contributed by atoms with van der Waals surface area (Å²) < 4.78 is 11.1. The second kappa shape index (κ2) is 19.1. The summed E-state index contributed by atoms with van der Waals surface area (Å²) in [6, 6.07) is 10.1. The first-order chi connectivity index (χ1) is 26.9. The van der Waals surface area contributed by atoms with E-state index in [1.54, 1.807) is 44.2 Å². The summed E-state index contributed by atoms with van der Waals surface area (Å²) >= 11 is 4.97. The smallest absolute Gasteiger partial charge is 0.271 e.